The summed E-state index contributed by atoms with van der Waals surface area (Å²) in [5, 5.41) is 15.2. The van der Waals surface area contributed by atoms with Crippen LogP contribution in [0.1, 0.15) is 51.3 Å². The Bertz CT molecular complexity index is 927. The van der Waals surface area contributed by atoms with E-state index in [0.717, 1.165) is 55.9 Å². The lowest BCUT2D eigenvalue weighted by molar-refractivity contribution is 0.178. The molecule has 3 rings (SSSR count). The van der Waals surface area contributed by atoms with Gasteiger partial charge in [0.1, 0.15) is 5.75 Å². The predicted octanol–water partition coefficient (Wildman–Crippen LogP) is 5.96. The number of aromatic nitrogens is 2. The van der Waals surface area contributed by atoms with Crippen LogP contribution in [0.15, 0.2) is 24.3 Å². The van der Waals surface area contributed by atoms with Crippen molar-refractivity contribution in [3.63, 3.8) is 0 Å². The molecule has 1 aliphatic heterocycles. The molecule has 1 N–H and O–H groups in total. The van der Waals surface area contributed by atoms with Crippen LogP contribution >= 0.6 is 24.0 Å². The number of hydrogen-bond donors (Lipinski definition) is 1. The van der Waals surface area contributed by atoms with Crippen molar-refractivity contribution in [3.05, 3.63) is 40.5 Å². The molecule has 0 saturated carbocycles. The third-order valence-electron chi connectivity index (χ3n) is 6.08. The van der Waals surface area contributed by atoms with Crippen LogP contribution < -0.4 is 9.64 Å². The number of amides is 1. The lowest BCUT2D eigenvalue weighted by Gasteiger charge is -2.33. The molecule has 0 spiro atoms. The van der Waals surface area contributed by atoms with Gasteiger partial charge in [0.2, 0.25) is 0 Å². The normalized spacial score (nSPS) is 14.8. The molecule has 0 unspecified atom stereocenters. The Morgan fingerprint density at radius 3 is 2.62 bits per heavy atom. The Balaban J connectivity index is 0.00000408. The summed E-state index contributed by atoms with van der Waals surface area (Å²) < 4.78 is 7.80. The van der Waals surface area contributed by atoms with Gasteiger partial charge in [-0.1, -0.05) is 32.4 Å². The summed E-state index contributed by atoms with van der Waals surface area (Å²) >= 11 is 6.25. The fourth-order valence-electron chi connectivity index (χ4n) is 4.25. The van der Waals surface area contributed by atoms with E-state index in [2.05, 4.69) is 30.8 Å². The second kappa shape index (κ2) is 13.2. The highest BCUT2D eigenvalue weighted by molar-refractivity contribution is 6.30. The predicted molar refractivity (Wildman–Crippen MR) is 140 cm³/mol. The van der Waals surface area contributed by atoms with Gasteiger partial charge in [0.15, 0.2) is 5.82 Å². The minimum absolute atomic E-state index is 0. The molecule has 0 aliphatic carbocycles. The lowest BCUT2D eigenvalue weighted by Crippen LogP contribution is -2.41. The van der Waals surface area contributed by atoms with E-state index in [4.69, 9.17) is 16.3 Å². The number of halogens is 2. The molecule has 0 bridgehead atoms. The van der Waals surface area contributed by atoms with Gasteiger partial charge in [-0.3, -0.25) is 9.58 Å². The fraction of sp³-hybridized carbons (Fsp3) is 0.600. The third-order valence-corrected chi connectivity index (χ3v) is 6.31. The van der Waals surface area contributed by atoms with Crippen molar-refractivity contribution in [2.45, 2.75) is 53.5 Å². The Morgan fingerprint density at radius 2 is 2.00 bits per heavy atom. The smallest absolute Gasteiger partial charge is 0.413 e. The highest BCUT2D eigenvalue weighted by Gasteiger charge is 2.26. The molecule has 9 heteroatoms. The summed E-state index contributed by atoms with van der Waals surface area (Å²) in [4.78, 5) is 16.0. The molecule has 1 aliphatic rings. The van der Waals surface area contributed by atoms with Gasteiger partial charge >= 0.3 is 6.09 Å². The Labute approximate surface area is 214 Å². The van der Waals surface area contributed by atoms with E-state index in [1.54, 1.807) is 0 Å². The summed E-state index contributed by atoms with van der Waals surface area (Å²) in [7, 11) is 0. The van der Waals surface area contributed by atoms with Crippen LogP contribution in [0.4, 0.5) is 10.6 Å². The number of benzene rings is 1. The van der Waals surface area contributed by atoms with Crippen LogP contribution in [0, 0.1) is 18.8 Å². The van der Waals surface area contributed by atoms with Crippen molar-refractivity contribution in [1.82, 2.24) is 14.7 Å². The molecule has 1 aromatic heterocycles. The number of nitrogens with zero attached hydrogens (tertiary/aromatic N) is 4. The summed E-state index contributed by atoms with van der Waals surface area (Å²) in [6.07, 6.45) is 2.23. The molecule has 0 atom stereocenters. The Kier molecular flexibility index (Phi) is 11.0. The van der Waals surface area contributed by atoms with Crippen molar-refractivity contribution in [3.8, 4) is 5.75 Å². The van der Waals surface area contributed by atoms with Crippen LogP contribution in [-0.4, -0.2) is 58.7 Å². The van der Waals surface area contributed by atoms with Crippen molar-refractivity contribution in [1.29, 1.82) is 0 Å². The van der Waals surface area contributed by atoms with Gasteiger partial charge in [0.25, 0.3) is 0 Å². The monoisotopic (exact) mass is 512 g/mol. The molecule has 7 nitrogen and oxygen atoms in total. The number of anilines is 1. The van der Waals surface area contributed by atoms with Gasteiger partial charge < -0.3 is 14.7 Å². The van der Waals surface area contributed by atoms with E-state index in [-0.39, 0.29) is 12.4 Å². The van der Waals surface area contributed by atoms with Crippen LogP contribution in [0.25, 0.3) is 0 Å². The van der Waals surface area contributed by atoms with Crippen LogP contribution in [0.2, 0.25) is 5.02 Å². The maximum Gasteiger partial charge on any atom is 0.413 e. The van der Waals surface area contributed by atoms with Crippen LogP contribution in [-0.2, 0) is 6.54 Å². The number of piperidine rings is 1. The summed E-state index contributed by atoms with van der Waals surface area (Å²) in [5.74, 6) is 2.01. The number of hydrogen-bond acceptors (Lipinski definition) is 4. The first-order chi connectivity index (χ1) is 15.8. The molecule has 0 radical (unpaired) electrons. The van der Waals surface area contributed by atoms with Crippen molar-refractivity contribution < 1.29 is 14.6 Å². The Hall–Kier alpha value is -1.96. The second-order valence-corrected chi connectivity index (χ2v) is 9.87. The van der Waals surface area contributed by atoms with Crippen molar-refractivity contribution in [2.75, 3.05) is 37.7 Å². The van der Waals surface area contributed by atoms with Gasteiger partial charge in [-0.15, -0.1) is 12.4 Å². The number of carbonyl (C=O) groups is 1. The molecule has 2 aromatic rings. The van der Waals surface area contributed by atoms with Crippen LogP contribution in [0.3, 0.4) is 0 Å². The molecule has 2 heterocycles. The summed E-state index contributed by atoms with van der Waals surface area (Å²) in [5.41, 5.74) is 1.81. The van der Waals surface area contributed by atoms with Gasteiger partial charge in [-0.2, -0.15) is 5.10 Å². The average Bonchev–Trinajstić information content (AvgIpc) is 3.12. The van der Waals surface area contributed by atoms with E-state index in [1.165, 1.54) is 4.90 Å². The largest absolute Gasteiger partial charge is 0.493 e. The molecule has 190 valence electrons. The number of aryl methyl sites for hydroxylation is 1. The molecular weight excluding hydrogens is 475 g/mol. The SMILES string of the molecule is CCCN1CCC(CN(C(=O)O)c2cc(C)n(Cc3cc(Cl)ccc3OCC(C)C)n2)CC1.Cl. The summed E-state index contributed by atoms with van der Waals surface area (Å²) in [6, 6.07) is 7.44. The number of rotatable bonds is 10. The Morgan fingerprint density at radius 1 is 1.29 bits per heavy atom. The van der Waals surface area contributed by atoms with E-state index in [0.29, 0.717) is 42.4 Å². The summed E-state index contributed by atoms with van der Waals surface area (Å²) in [6.45, 7) is 13.1. The molecule has 1 aromatic carbocycles. The zero-order valence-electron chi connectivity index (χ0n) is 20.7. The fourth-order valence-corrected chi connectivity index (χ4v) is 4.45. The van der Waals surface area contributed by atoms with E-state index in [9.17, 15) is 9.90 Å². The maximum absolute atomic E-state index is 12.1. The highest BCUT2D eigenvalue weighted by atomic mass is 35.5. The minimum atomic E-state index is -0.959. The van der Waals surface area contributed by atoms with E-state index < -0.39 is 6.09 Å². The quantitative estimate of drug-likeness (QED) is 0.425. The van der Waals surface area contributed by atoms with Crippen molar-refractivity contribution >= 4 is 35.9 Å². The standard InChI is InChI=1S/C25H37ClN4O3.ClH/c1-5-10-28-11-8-20(9-12-28)15-29(25(31)32)24-13-19(4)30(27-24)16-21-14-22(26)6-7-23(21)33-17-18(2)3;/h6-7,13-14,18,20H,5,8-12,15-17H2,1-4H3,(H,31,32);1H. The first-order valence-corrected chi connectivity index (χ1v) is 12.3. The van der Waals surface area contributed by atoms with Gasteiger partial charge in [0, 0.05) is 28.9 Å². The van der Waals surface area contributed by atoms with E-state index >= 15 is 0 Å². The second-order valence-electron chi connectivity index (χ2n) is 9.44. The van der Waals surface area contributed by atoms with Gasteiger partial charge in [-0.05, 0) is 75.9 Å². The molecular formula is C25H38Cl2N4O3. The molecule has 1 fully saturated rings. The number of carboxylic acid groups (broad SMARTS) is 1. The molecule has 34 heavy (non-hydrogen) atoms. The zero-order valence-corrected chi connectivity index (χ0v) is 22.2. The minimum Gasteiger partial charge on any atom is -0.493 e. The molecule has 1 saturated heterocycles. The first kappa shape index (κ1) is 28.3. The highest BCUT2D eigenvalue weighted by Crippen LogP contribution is 2.27. The molecule has 1 amide bonds. The first-order valence-electron chi connectivity index (χ1n) is 11.9. The lowest BCUT2D eigenvalue weighted by atomic mass is 9.96. The topological polar surface area (TPSA) is 70.8 Å². The van der Waals surface area contributed by atoms with Crippen LogP contribution in [0.5, 0.6) is 5.75 Å². The number of likely N-dealkylation sites (tertiary alicyclic amines) is 1. The zero-order chi connectivity index (χ0) is 24.0. The van der Waals surface area contributed by atoms with Gasteiger partial charge in [0.05, 0.1) is 13.2 Å². The van der Waals surface area contributed by atoms with Gasteiger partial charge in [-0.25, -0.2) is 4.79 Å². The third kappa shape index (κ3) is 7.79. The van der Waals surface area contributed by atoms with E-state index in [1.807, 2.05) is 35.9 Å². The van der Waals surface area contributed by atoms with Crippen molar-refractivity contribution in [2.24, 2.45) is 11.8 Å². The number of ether oxygens (including phenoxy) is 1. The average molecular weight is 514 g/mol. The maximum atomic E-state index is 12.1.